The lowest BCUT2D eigenvalue weighted by atomic mass is 10.0. The van der Waals surface area contributed by atoms with Crippen molar-refractivity contribution in [2.75, 3.05) is 11.4 Å². The summed E-state index contributed by atoms with van der Waals surface area (Å²) in [7, 11) is 0. The Morgan fingerprint density at radius 2 is 2.05 bits per heavy atom. The number of nitrogens with one attached hydrogen (secondary N) is 1. The monoisotopic (exact) mass is 271 g/mol. The summed E-state index contributed by atoms with van der Waals surface area (Å²) in [6.45, 7) is 2.59. The summed E-state index contributed by atoms with van der Waals surface area (Å²) < 4.78 is 39.0. The molecular weight excluding hydrogens is 255 g/mol. The molecule has 1 fully saturated rings. The molecule has 19 heavy (non-hydrogen) atoms. The van der Waals surface area contributed by atoms with Crippen LogP contribution in [0.2, 0.25) is 0 Å². The number of amidine groups is 1. The number of alkyl halides is 3. The Kier molecular flexibility index (Phi) is 3.43. The average Bonchev–Trinajstić information content (AvgIpc) is 3.13. The number of hydrogen-bond acceptors (Lipinski definition) is 2. The van der Waals surface area contributed by atoms with Crippen molar-refractivity contribution >= 4 is 11.5 Å². The number of hydrogen-bond donors (Lipinski definition) is 2. The third-order valence-electron chi connectivity index (χ3n) is 3.26. The van der Waals surface area contributed by atoms with Crippen molar-refractivity contribution in [3.05, 3.63) is 29.3 Å². The molecule has 0 unspecified atom stereocenters. The van der Waals surface area contributed by atoms with Gasteiger partial charge >= 0.3 is 6.18 Å². The number of nitrogens with zero attached hydrogens (tertiary/aromatic N) is 1. The molecule has 1 aromatic rings. The summed E-state index contributed by atoms with van der Waals surface area (Å²) >= 11 is 0. The Hall–Kier alpha value is -1.72. The van der Waals surface area contributed by atoms with Crippen LogP contribution in [0.5, 0.6) is 0 Å². The Morgan fingerprint density at radius 3 is 2.47 bits per heavy atom. The van der Waals surface area contributed by atoms with E-state index in [1.54, 1.807) is 6.07 Å². The molecule has 104 valence electrons. The van der Waals surface area contributed by atoms with Gasteiger partial charge in [0, 0.05) is 23.8 Å². The smallest absolute Gasteiger partial charge is 0.384 e. The highest BCUT2D eigenvalue weighted by molar-refractivity contribution is 5.97. The third-order valence-corrected chi connectivity index (χ3v) is 3.26. The van der Waals surface area contributed by atoms with E-state index in [2.05, 4.69) is 0 Å². The molecule has 6 heteroatoms. The van der Waals surface area contributed by atoms with Gasteiger partial charge in [0.15, 0.2) is 0 Å². The van der Waals surface area contributed by atoms with E-state index < -0.39 is 17.6 Å². The van der Waals surface area contributed by atoms with Gasteiger partial charge in [0.2, 0.25) is 0 Å². The van der Waals surface area contributed by atoms with Gasteiger partial charge < -0.3 is 10.6 Å². The van der Waals surface area contributed by atoms with Gasteiger partial charge in [0.25, 0.3) is 0 Å². The van der Waals surface area contributed by atoms with Gasteiger partial charge in [0.1, 0.15) is 5.84 Å². The molecule has 1 aromatic carbocycles. The van der Waals surface area contributed by atoms with E-state index in [4.69, 9.17) is 11.1 Å². The second-order valence-electron chi connectivity index (χ2n) is 4.66. The van der Waals surface area contributed by atoms with Gasteiger partial charge in [-0.1, -0.05) is 0 Å². The number of rotatable bonds is 4. The number of nitrogen functional groups attached to an aromatic ring is 1. The first kappa shape index (κ1) is 13.7. The van der Waals surface area contributed by atoms with Crippen LogP contribution in [-0.2, 0) is 6.18 Å². The average molecular weight is 271 g/mol. The van der Waals surface area contributed by atoms with E-state index >= 15 is 0 Å². The molecule has 0 aromatic heterocycles. The van der Waals surface area contributed by atoms with Crippen molar-refractivity contribution in [1.29, 1.82) is 5.41 Å². The van der Waals surface area contributed by atoms with E-state index in [-0.39, 0.29) is 5.56 Å². The quantitative estimate of drug-likeness (QED) is 0.653. The van der Waals surface area contributed by atoms with Gasteiger partial charge in [-0.25, -0.2) is 0 Å². The molecule has 0 heterocycles. The summed E-state index contributed by atoms with van der Waals surface area (Å²) in [5.74, 6) is -0.562. The van der Waals surface area contributed by atoms with Gasteiger partial charge in [-0.3, -0.25) is 5.41 Å². The topological polar surface area (TPSA) is 53.1 Å². The molecule has 0 saturated heterocycles. The van der Waals surface area contributed by atoms with Crippen molar-refractivity contribution in [1.82, 2.24) is 0 Å². The van der Waals surface area contributed by atoms with Crippen LogP contribution in [0.25, 0.3) is 0 Å². The van der Waals surface area contributed by atoms with Crippen molar-refractivity contribution in [3.8, 4) is 0 Å². The Morgan fingerprint density at radius 1 is 1.42 bits per heavy atom. The lowest BCUT2D eigenvalue weighted by Gasteiger charge is -2.24. The standard InChI is InChI=1S/C13H16F3N3/c1-2-19(8-3-4-8)9-5-6-10(12(17)18)11(7-9)13(14,15)16/h5-8H,2-4H2,1H3,(H3,17,18). The maximum Gasteiger partial charge on any atom is 0.417 e. The van der Waals surface area contributed by atoms with Crippen molar-refractivity contribution < 1.29 is 13.2 Å². The first-order valence-corrected chi connectivity index (χ1v) is 6.17. The van der Waals surface area contributed by atoms with Crippen LogP contribution in [-0.4, -0.2) is 18.4 Å². The van der Waals surface area contributed by atoms with Crippen molar-refractivity contribution in [2.45, 2.75) is 32.0 Å². The van der Waals surface area contributed by atoms with Gasteiger partial charge in [-0.05, 0) is 38.0 Å². The molecule has 1 aliphatic carbocycles. The molecule has 0 spiro atoms. The maximum absolute atomic E-state index is 13.0. The molecule has 2 rings (SSSR count). The van der Waals surface area contributed by atoms with Crippen LogP contribution in [0.3, 0.4) is 0 Å². The fourth-order valence-corrected chi connectivity index (χ4v) is 2.22. The summed E-state index contributed by atoms with van der Waals surface area (Å²) in [5, 5.41) is 7.24. The minimum Gasteiger partial charge on any atom is -0.384 e. The second kappa shape index (κ2) is 4.75. The van der Waals surface area contributed by atoms with Crippen LogP contribution in [0.15, 0.2) is 18.2 Å². The maximum atomic E-state index is 13.0. The van der Waals surface area contributed by atoms with Crippen LogP contribution in [0.1, 0.15) is 30.9 Å². The molecule has 0 aliphatic heterocycles. The zero-order chi connectivity index (χ0) is 14.2. The normalized spacial score (nSPS) is 15.4. The summed E-state index contributed by atoms with van der Waals surface area (Å²) in [6.07, 6.45) is -2.47. The van der Waals surface area contributed by atoms with Crippen LogP contribution >= 0.6 is 0 Å². The number of nitrogens with two attached hydrogens (primary N) is 1. The van der Waals surface area contributed by atoms with Gasteiger partial charge in [-0.15, -0.1) is 0 Å². The fraction of sp³-hybridized carbons (Fsp3) is 0.462. The molecular formula is C13H16F3N3. The Labute approximate surface area is 109 Å². The van der Waals surface area contributed by atoms with E-state index in [1.807, 2.05) is 11.8 Å². The SMILES string of the molecule is CCN(c1ccc(C(=N)N)c(C(F)(F)F)c1)C1CC1. The molecule has 3 nitrogen and oxygen atoms in total. The molecule has 3 N–H and O–H groups in total. The molecule has 1 saturated carbocycles. The van der Waals surface area contributed by atoms with E-state index in [0.717, 1.165) is 18.9 Å². The minimum absolute atomic E-state index is 0.261. The summed E-state index contributed by atoms with van der Waals surface area (Å²) in [4.78, 5) is 1.96. The van der Waals surface area contributed by atoms with Crippen LogP contribution in [0, 0.1) is 5.41 Å². The zero-order valence-corrected chi connectivity index (χ0v) is 10.6. The van der Waals surface area contributed by atoms with E-state index in [1.165, 1.54) is 6.07 Å². The lowest BCUT2D eigenvalue weighted by molar-refractivity contribution is -0.137. The second-order valence-corrected chi connectivity index (χ2v) is 4.66. The zero-order valence-electron chi connectivity index (χ0n) is 10.6. The third kappa shape index (κ3) is 2.83. The highest BCUT2D eigenvalue weighted by Gasteiger charge is 2.36. The van der Waals surface area contributed by atoms with E-state index in [9.17, 15) is 13.2 Å². The molecule has 0 radical (unpaired) electrons. The number of halogens is 3. The summed E-state index contributed by atoms with van der Waals surface area (Å²) in [6, 6.07) is 4.33. The van der Waals surface area contributed by atoms with Crippen LogP contribution in [0.4, 0.5) is 18.9 Å². The van der Waals surface area contributed by atoms with Crippen molar-refractivity contribution in [2.24, 2.45) is 5.73 Å². The largest absolute Gasteiger partial charge is 0.417 e. The molecule has 0 amide bonds. The predicted octanol–water partition coefficient (Wildman–Crippen LogP) is 2.98. The summed E-state index contributed by atoms with van der Waals surface area (Å²) in [5.41, 5.74) is 4.66. The fourth-order valence-electron chi connectivity index (χ4n) is 2.22. The van der Waals surface area contributed by atoms with Gasteiger partial charge in [0.05, 0.1) is 5.56 Å². The number of anilines is 1. The first-order valence-electron chi connectivity index (χ1n) is 6.17. The number of benzene rings is 1. The Balaban J connectivity index is 2.45. The minimum atomic E-state index is -4.50. The van der Waals surface area contributed by atoms with Crippen molar-refractivity contribution in [3.63, 3.8) is 0 Å². The van der Waals surface area contributed by atoms with Gasteiger partial charge in [-0.2, -0.15) is 13.2 Å². The predicted molar refractivity (Wildman–Crippen MR) is 68.5 cm³/mol. The van der Waals surface area contributed by atoms with E-state index in [0.29, 0.717) is 18.3 Å². The van der Waals surface area contributed by atoms with Crippen LogP contribution < -0.4 is 10.6 Å². The molecule has 0 bridgehead atoms. The molecule has 0 atom stereocenters. The first-order chi connectivity index (χ1) is 8.84. The highest BCUT2D eigenvalue weighted by Crippen LogP contribution is 2.37. The Bertz CT molecular complexity index is 492. The lowest BCUT2D eigenvalue weighted by Crippen LogP contribution is -2.26. The molecule has 1 aliphatic rings. The highest BCUT2D eigenvalue weighted by atomic mass is 19.4.